The van der Waals surface area contributed by atoms with E-state index in [1.165, 1.54) is 0 Å². The smallest absolute Gasteiger partial charge is 0.237 e. The van der Waals surface area contributed by atoms with Crippen LogP contribution in [0.15, 0.2) is 36.9 Å². The van der Waals surface area contributed by atoms with Crippen LogP contribution in [0, 0.1) is 0 Å². The quantitative estimate of drug-likeness (QED) is 0.576. The minimum atomic E-state index is -1.53. The van der Waals surface area contributed by atoms with E-state index in [-0.39, 0.29) is 0 Å². The Morgan fingerprint density at radius 3 is 2.80 bits per heavy atom. The average Bonchev–Trinajstić information content (AvgIpc) is 2.49. The van der Waals surface area contributed by atoms with Crippen LogP contribution in [0.25, 0.3) is 11.4 Å². The molecule has 0 radical (unpaired) electrons. The first kappa shape index (κ1) is 14.6. The van der Waals surface area contributed by atoms with Crippen molar-refractivity contribution in [3.63, 3.8) is 0 Å². The predicted molar refractivity (Wildman–Crippen MR) is 74.2 cm³/mol. The number of aryl methyl sites for hydroxylation is 1. The summed E-state index contributed by atoms with van der Waals surface area (Å²) < 4.78 is 18.2. The first-order valence-electron chi connectivity index (χ1n) is 6.50. The molecule has 0 fully saturated rings. The van der Waals surface area contributed by atoms with Crippen LogP contribution in [0.2, 0.25) is 0 Å². The zero-order chi connectivity index (χ0) is 14.2. The van der Waals surface area contributed by atoms with Crippen LogP contribution in [0.1, 0.15) is 13.3 Å². The molecule has 20 heavy (non-hydrogen) atoms. The third kappa shape index (κ3) is 4.40. The van der Waals surface area contributed by atoms with Crippen molar-refractivity contribution in [1.82, 2.24) is 15.1 Å². The minimum Gasteiger partial charge on any atom is -0.237 e. The van der Waals surface area contributed by atoms with E-state index in [0.717, 1.165) is 12.0 Å². The van der Waals surface area contributed by atoms with E-state index >= 15 is 0 Å². The van der Waals surface area contributed by atoms with Crippen LogP contribution >= 0.6 is 8.03 Å². The van der Waals surface area contributed by atoms with Gasteiger partial charge in [-0.15, -0.1) is 4.52 Å². The summed E-state index contributed by atoms with van der Waals surface area (Å²) in [5, 5.41) is 4.30. The molecule has 6 nitrogen and oxygen atoms in total. The highest BCUT2D eigenvalue weighted by Gasteiger charge is 2.17. The summed E-state index contributed by atoms with van der Waals surface area (Å²) >= 11 is 0. The third-order valence-corrected chi connectivity index (χ3v) is 3.82. The van der Waals surface area contributed by atoms with Gasteiger partial charge in [0.05, 0.1) is 13.0 Å². The van der Waals surface area contributed by atoms with Crippen molar-refractivity contribution in [3.05, 3.63) is 36.9 Å². The number of hydrogen-bond donors (Lipinski definition) is 0. The summed E-state index contributed by atoms with van der Waals surface area (Å²) in [7, 11) is -1.53. The van der Waals surface area contributed by atoms with Crippen molar-refractivity contribution < 1.29 is 13.8 Å². The van der Waals surface area contributed by atoms with Gasteiger partial charge >= 0.3 is 8.03 Å². The van der Waals surface area contributed by atoms with Crippen molar-refractivity contribution in [2.24, 2.45) is 0 Å². The Labute approximate surface area is 118 Å². The molecule has 7 heteroatoms. The molecule has 0 aliphatic rings. The van der Waals surface area contributed by atoms with Gasteiger partial charge in [-0.3, -0.25) is 0 Å². The van der Waals surface area contributed by atoms with Gasteiger partial charge in [0.2, 0.25) is 0 Å². The van der Waals surface area contributed by atoms with Gasteiger partial charge in [-0.1, -0.05) is 4.68 Å². The molecule has 104 valence electrons. The first-order valence-corrected chi connectivity index (χ1v) is 7.86. The second-order valence-corrected chi connectivity index (χ2v) is 5.45. The van der Waals surface area contributed by atoms with Crippen LogP contribution < -0.4 is 4.68 Å². The molecule has 0 N–H and O–H groups in total. The monoisotopic (exact) mass is 292 g/mol. The zero-order valence-corrected chi connectivity index (χ0v) is 12.2. The molecular weight excluding hydrogens is 275 g/mol. The fourth-order valence-electron chi connectivity index (χ4n) is 1.67. The summed E-state index contributed by atoms with van der Waals surface area (Å²) in [5.74, 6) is 0.659. The van der Waals surface area contributed by atoms with Crippen molar-refractivity contribution in [1.29, 1.82) is 0 Å². The van der Waals surface area contributed by atoms with E-state index in [2.05, 4.69) is 15.1 Å². The van der Waals surface area contributed by atoms with Crippen molar-refractivity contribution in [2.45, 2.75) is 19.9 Å². The first-order chi connectivity index (χ1) is 9.79. The Balaban J connectivity index is 1.88. The number of rotatable bonds is 7. The van der Waals surface area contributed by atoms with Gasteiger partial charge < -0.3 is 0 Å². The summed E-state index contributed by atoms with van der Waals surface area (Å²) in [4.78, 5) is 8.34. The van der Waals surface area contributed by atoms with Crippen molar-refractivity contribution >= 4 is 8.03 Å². The molecule has 0 bridgehead atoms. The van der Waals surface area contributed by atoms with E-state index in [9.17, 15) is 4.57 Å². The summed E-state index contributed by atoms with van der Waals surface area (Å²) in [6, 6.07) is 3.70. The van der Waals surface area contributed by atoms with E-state index < -0.39 is 8.03 Å². The van der Waals surface area contributed by atoms with Crippen LogP contribution in [-0.2, 0) is 15.6 Å². The van der Waals surface area contributed by atoms with E-state index in [1.807, 2.05) is 23.9 Å². The van der Waals surface area contributed by atoms with E-state index in [1.54, 1.807) is 24.7 Å². The molecule has 0 saturated carbocycles. The van der Waals surface area contributed by atoms with E-state index in [4.69, 9.17) is 4.52 Å². The van der Waals surface area contributed by atoms with Gasteiger partial charge in [0.1, 0.15) is 6.20 Å². The Morgan fingerprint density at radius 2 is 2.15 bits per heavy atom. The van der Waals surface area contributed by atoms with Crippen LogP contribution in [0.4, 0.5) is 0 Å². The second kappa shape index (κ2) is 7.72. The topological polar surface area (TPSA) is 68.8 Å². The molecule has 2 rings (SSSR count). The molecule has 1 unspecified atom stereocenters. The van der Waals surface area contributed by atoms with Crippen molar-refractivity contribution in [2.75, 3.05) is 12.8 Å². The second-order valence-electron chi connectivity index (χ2n) is 4.08. The van der Waals surface area contributed by atoms with E-state index in [0.29, 0.717) is 25.1 Å². The molecule has 0 amide bonds. The third-order valence-electron chi connectivity index (χ3n) is 2.60. The molecule has 0 aliphatic carbocycles. The normalized spacial score (nSPS) is 11.3. The summed E-state index contributed by atoms with van der Waals surface area (Å²) in [6.07, 6.45) is 8.34. The Bertz CT molecular complexity index is 548. The maximum Gasteiger partial charge on any atom is 0.508 e. The summed E-state index contributed by atoms with van der Waals surface area (Å²) in [5.41, 5.74) is 0.877. The Morgan fingerprint density at radius 1 is 1.35 bits per heavy atom. The molecular formula is C13H17N4O2P+2. The van der Waals surface area contributed by atoms with Gasteiger partial charge in [-0.2, -0.15) is 0 Å². The van der Waals surface area contributed by atoms with Gasteiger partial charge in [0, 0.05) is 24.0 Å². The molecule has 0 aliphatic heterocycles. The largest absolute Gasteiger partial charge is 0.508 e. The molecule has 1 atom stereocenters. The zero-order valence-electron chi connectivity index (χ0n) is 11.3. The number of aromatic nitrogens is 4. The van der Waals surface area contributed by atoms with Gasteiger partial charge in [0.25, 0.3) is 0 Å². The maximum atomic E-state index is 11.4. The lowest BCUT2D eigenvalue weighted by molar-refractivity contribution is -0.753. The molecule has 2 aromatic rings. The summed E-state index contributed by atoms with van der Waals surface area (Å²) in [6.45, 7) is 3.05. The van der Waals surface area contributed by atoms with Gasteiger partial charge in [-0.25, -0.2) is 9.97 Å². The molecule has 0 spiro atoms. The number of hydrogen-bond acceptors (Lipinski definition) is 5. The maximum absolute atomic E-state index is 11.4. The standard InChI is InChI=1S/C13H17N4O2P/c1-2-19-20(18)10-4-8-17-9-5-12(11-16-17)13-14-6-3-7-15-13/h3,5-7,9,11H,2,4,8,10H2,1H3/q+2. The molecule has 2 heterocycles. The Hall–Kier alpha value is -1.78. The number of nitrogens with zero attached hydrogens (tertiary/aromatic N) is 4. The van der Waals surface area contributed by atoms with Crippen LogP contribution in [0.5, 0.6) is 0 Å². The fraction of sp³-hybridized carbons (Fsp3) is 0.385. The average molecular weight is 292 g/mol. The van der Waals surface area contributed by atoms with Crippen LogP contribution in [0.3, 0.4) is 0 Å². The van der Waals surface area contributed by atoms with Gasteiger partial charge in [-0.05, 0) is 22.7 Å². The highest BCUT2D eigenvalue weighted by Crippen LogP contribution is 2.22. The lowest BCUT2D eigenvalue weighted by Gasteiger charge is -1.96. The molecule has 2 aromatic heterocycles. The van der Waals surface area contributed by atoms with Crippen molar-refractivity contribution in [3.8, 4) is 11.4 Å². The SMILES string of the molecule is CCO[P+](=O)CCC[n+]1ccc(-c2ncccn2)cn1. The van der Waals surface area contributed by atoms with Crippen LogP contribution in [-0.4, -0.2) is 27.8 Å². The predicted octanol–water partition coefficient (Wildman–Crippen LogP) is 2.00. The minimum absolute atomic E-state index is 0.492. The highest BCUT2D eigenvalue weighted by atomic mass is 31.1. The lowest BCUT2D eigenvalue weighted by Crippen LogP contribution is -2.37. The lowest BCUT2D eigenvalue weighted by atomic mass is 10.3. The van der Waals surface area contributed by atoms with Gasteiger partial charge in [0.15, 0.2) is 24.7 Å². The molecule has 0 aromatic carbocycles. The molecule has 0 saturated heterocycles. The Kier molecular flexibility index (Phi) is 5.65. The fourth-order valence-corrected chi connectivity index (χ4v) is 2.48. The highest BCUT2D eigenvalue weighted by molar-refractivity contribution is 7.39.